The van der Waals surface area contributed by atoms with Gasteiger partial charge in [0, 0.05) is 15.8 Å². The maximum Gasteiger partial charge on any atom is 0.345 e. The van der Waals surface area contributed by atoms with E-state index in [-0.39, 0.29) is 0 Å². The average molecular weight is 361 g/mol. The number of fused-ring (bicyclic) bond motifs is 1. The summed E-state index contributed by atoms with van der Waals surface area (Å²) in [7, 11) is 0. The zero-order valence-corrected chi connectivity index (χ0v) is 14.8. The molecule has 4 aromatic rings. The van der Waals surface area contributed by atoms with E-state index in [2.05, 4.69) is 15.5 Å². The van der Waals surface area contributed by atoms with E-state index < -0.39 is 5.63 Å². The molecule has 5 nitrogen and oxygen atoms in total. The molecule has 6 heteroatoms. The number of benzene rings is 2. The van der Waals surface area contributed by atoms with E-state index in [9.17, 15) is 4.79 Å². The predicted molar refractivity (Wildman–Crippen MR) is 106 cm³/mol. The molecule has 0 bridgehead atoms. The lowest BCUT2D eigenvalue weighted by molar-refractivity contribution is 0.560. The van der Waals surface area contributed by atoms with Gasteiger partial charge in [-0.2, -0.15) is 5.10 Å². The second kappa shape index (κ2) is 6.93. The number of rotatable bonds is 4. The maximum atomic E-state index is 12.0. The van der Waals surface area contributed by atoms with Crippen LogP contribution in [0.2, 0.25) is 0 Å². The van der Waals surface area contributed by atoms with Crippen LogP contribution in [0.4, 0.5) is 5.13 Å². The van der Waals surface area contributed by atoms with Crippen LogP contribution in [0.5, 0.6) is 0 Å². The van der Waals surface area contributed by atoms with Gasteiger partial charge in [-0.1, -0.05) is 48.5 Å². The van der Waals surface area contributed by atoms with E-state index in [1.54, 1.807) is 12.1 Å². The summed E-state index contributed by atoms with van der Waals surface area (Å²) in [6, 6.07) is 19.1. The Hall–Kier alpha value is -3.25. The SMILES string of the molecule is Cc1sc(N/N=C/c2cc3ccccc3oc2=O)nc1-c1ccccc1. The molecule has 0 amide bonds. The molecular formula is C20H15N3O2S. The van der Waals surface area contributed by atoms with Crippen molar-refractivity contribution < 1.29 is 4.42 Å². The number of thiazole rings is 1. The smallest absolute Gasteiger partial charge is 0.345 e. The minimum atomic E-state index is -0.422. The van der Waals surface area contributed by atoms with Crippen molar-refractivity contribution in [2.75, 3.05) is 5.43 Å². The molecule has 4 rings (SSSR count). The first-order valence-electron chi connectivity index (χ1n) is 8.05. The van der Waals surface area contributed by atoms with Gasteiger partial charge < -0.3 is 4.42 Å². The number of hydrazone groups is 1. The van der Waals surface area contributed by atoms with Crippen LogP contribution in [-0.2, 0) is 0 Å². The van der Waals surface area contributed by atoms with Gasteiger partial charge in [-0.05, 0) is 19.1 Å². The molecule has 0 saturated heterocycles. The number of hydrogen-bond acceptors (Lipinski definition) is 6. The Balaban J connectivity index is 1.56. The molecule has 0 fully saturated rings. The van der Waals surface area contributed by atoms with Crippen molar-refractivity contribution in [2.45, 2.75) is 6.92 Å². The number of aryl methyl sites for hydroxylation is 1. The van der Waals surface area contributed by atoms with Crippen LogP contribution in [0.15, 0.2) is 75.0 Å². The molecule has 2 heterocycles. The lowest BCUT2D eigenvalue weighted by Crippen LogP contribution is -2.06. The summed E-state index contributed by atoms with van der Waals surface area (Å²) in [5.74, 6) is 0. The zero-order chi connectivity index (χ0) is 17.9. The number of hydrogen-bond donors (Lipinski definition) is 1. The summed E-state index contributed by atoms with van der Waals surface area (Å²) in [6.45, 7) is 2.02. The number of nitrogens with zero attached hydrogens (tertiary/aromatic N) is 2. The second-order valence-electron chi connectivity index (χ2n) is 5.69. The van der Waals surface area contributed by atoms with Crippen molar-refractivity contribution in [3.05, 3.63) is 81.5 Å². The monoisotopic (exact) mass is 361 g/mol. The lowest BCUT2D eigenvalue weighted by atomic mass is 10.1. The highest BCUT2D eigenvalue weighted by atomic mass is 32.1. The van der Waals surface area contributed by atoms with Crippen molar-refractivity contribution in [1.82, 2.24) is 4.98 Å². The molecule has 0 unspecified atom stereocenters. The Morgan fingerprint density at radius 3 is 2.73 bits per heavy atom. The minimum absolute atomic E-state index is 0.382. The largest absolute Gasteiger partial charge is 0.422 e. The normalized spacial score (nSPS) is 11.3. The van der Waals surface area contributed by atoms with Gasteiger partial charge in [0.05, 0.1) is 17.5 Å². The Labute approximate surface area is 153 Å². The third-order valence-electron chi connectivity index (χ3n) is 3.88. The molecule has 0 spiro atoms. The molecule has 2 aromatic carbocycles. The quantitative estimate of drug-likeness (QED) is 0.326. The van der Waals surface area contributed by atoms with Gasteiger partial charge in [-0.3, -0.25) is 5.43 Å². The summed E-state index contributed by atoms with van der Waals surface area (Å²) < 4.78 is 5.29. The maximum absolute atomic E-state index is 12.0. The Bertz CT molecular complexity index is 1150. The van der Waals surface area contributed by atoms with Gasteiger partial charge in [-0.25, -0.2) is 9.78 Å². The van der Waals surface area contributed by atoms with Gasteiger partial charge >= 0.3 is 5.63 Å². The molecule has 0 aliphatic carbocycles. The predicted octanol–water partition coefficient (Wildman–Crippen LogP) is 4.67. The zero-order valence-electron chi connectivity index (χ0n) is 14.0. The molecule has 0 saturated carbocycles. The fourth-order valence-corrected chi connectivity index (χ4v) is 3.42. The molecule has 128 valence electrons. The third kappa shape index (κ3) is 3.27. The van der Waals surface area contributed by atoms with Crippen LogP contribution in [0.1, 0.15) is 10.4 Å². The molecule has 1 N–H and O–H groups in total. The van der Waals surface area contributed by atoms with Crippen LogP contribution in [0.25, 0.3) is 22.2 Å². The van der Waals surface area contributed by atoms with Gasteiger partial charge in [0.25, 0.3) is 0 Å². The van der Waals surface area contributed by atoms with E-state index in [4.69, 9.17) is 4.42 Å². The summed E-state index contributed by atoms with van der Waals surface area (Å²) in [6.07, 6.45) is 1.46. The minimum Gasteiger partial charge on any atom is -0.422 e. The van der Waals surface area contributed by atoms with Crippen molar-refractivity contribution in [3.63, 3.8) is 0 Å². The number of para-hydroxylation sites is 1. The van der Waals surface area contributed by atoms with Crippen LogP contribution >= 0.6 is 11.3 Å². The number of nitrogens with one attached hydrogen (secondary N) is 1. The standard InChI is InChI=1S/C20H15N3O2S/c1-13-18(14-7-3-2-4-8-14)22-20(26-13)23-21-12-16-11-15-9-5-6-10-17(15)25-19(16)24/h2-12H,1H3,(H,22,23)/b21-12+. The summed E-state index contributed by atoms with van der Waals surface area (Å²) >= 11 is 1.51. The fraction of sp³-hybridized carbons (Fsp3) is 0.0500. The van der Waals surface area contributed by atoms with E-state index in [1.165, 1.54) is 17.6 Å². The van der Waals surface area contributed by atoms with Gasteiger partial charge in [0.1, 0.15) is 5.58 Å². The first-order chi connectivity index (χ1) is 12.7. The highest BCUT2D eigenvalue weighted by Gasteiger charge is 2.09. The van der Waals surface area contributed by atoms with E-state index >= 15 is 0 Å². The van der Waals surface area contributed by atoms with Crippen molar-refractivity contribution in [2.24, 2.45) is 5.10 Å². The van der Waals surface area contributed by atoms with Gasteiger partial charge in [0.2, 0.25) is 5.13 Å². The molecule has 0 atom stereocenters. The van der Waals surface area contributed by atoms with Crippen molar-refractivity contribution in [3.8, 4) is 11.3 Å². The fourth-order valence-electron chi connectivity index (χ4n) is 2.63. The van der Waals surface area contributed by atoms with Crippen LogP contribution in [-0.4, -0.2) is 11.2 Å². The molecule has 0 aliphatic heterocycles. The second-order valence-corrected chi connectivity index (χ2v) is 6.89. The summed E-state index contributed by atoms with van der Waals surface area (Å²) in [5, 5.41) is 5.66. The van der Waals surface area contributed by atoms with E-state index in [1.807, 2.05) is 55.5 Å². The van der Waals surface area contributed by atoms with Crippen molar-refractivity contribution in [1.29, 1.82) is 0 Å². The van der Waals surface area contributed by atoms with Crippen molar-refractivity contribution >= 4 is 33.7 Å². The first-order valence-corrected chi connectivity index (χ1v) is 8.87. The van der Waals surface area contributed by atoms with Gasteiger partial charge in [-0.15, -0.1) is 11.3 Å². The Morgan fingerprint density at radius 1 is 1.12 bits per heavy atom. The molecular weight excluding hydrogens is 346 g/mol. The summed E-state index contributed by atoms with van der Waals surface area (Å²) in [5.41, 5.74) is 5.41. The Kier molecular flexibility index (Phi) is 4.33. The molecule has 26 heavy (non-hydrogen) atoms. The number of anilines is 1. The molecule has 2 aromatic heterocycles. The van der Waals surface area contributed by atoms with Gasteiger partial charge in [0.15, 0.2) is 0 Å². The molecule has 0 aliphatic rings. The third-order valence-corrected chi connectivity index (χ3v) is 4.75. The first kappa shape index (κ1) is 16.2. The highest BCUT2D eigenvalue weighted by molar-refractivity contribution is 7.15. The molecule has 0 radical (unpaired) electrons. The van der Waals surface area contributed by atoms with E-state index in [0.29, 0.717) is 16.3 Å². The lowest BCUT2D eigenvalue weighted by Gasteiger charge is -1.98. The topological polar surface area (TPSA) is 67.5 Å². The van der Waals surface area contributed by atoms with Crippen LogP contribution < -0.4 is 11.1 Å². The Morgan fingerprint density at radius 2 is 1.88 bits per heavy atom. The average Bonchev–Trinajstić information content (AvgIpc) is 3.03. The number of aromatic nitrogens is 1. The van der Waals surface area contributed by atoms with Crippen LogP contribution in [0, 0.1) is 6.92 Å². The van der Waals surface area contributed by atoms with Crippen LogP contribution in [0.3, 0.4) is 0 Å². The van der Waals surface area contributed by atoms with E-state index in [0.717, 1.165) is 21.5 Å². The summed E-state index contributed by atoms with van der Waals surface area (Å²) in [4.78, 5) is 17.7. The highest BCUT2D eigenvalue weighted by Crippen LogP contribution is 2.30.